The Hall–Kier alpha value is -4.09. The first-order valence-electron chi connectivity index (χ1n) is 12.7. The summed E-state index contributed by atoms with van der Waals surface area (Å²) in [5.41, 5.74) is 11.3. The van der Waals surface area contributed by atoms with Crippen molar-refractivity contribution in [3.05, 3.63) is 125 Å². The molecule has 2 aliphatic rings. The molecule has 2 aromatic rings. The molecule has 0 unspecified atom stereocenters. The van der Waals surface area contributed by atoms with Gasteiger partial charge in [0.1, 0.15) is 5.69 Å². The number of nitrogens with zero attached hydrogens (tertiary/aromatic N) is 3. The number of rotatable bonds is 5. The van der Waals surface area contributed by atoms with Crippen LogP contribution in [0.5, 0.6) is 0 Å². The first-order valence-corrected chi connectivity index (χ1v) is 12.7. The summed E-state index contributed by atoms with van der Waals surface area (Å²) >= 11 is 0. The fourth-order valence-electron chi connectivity index (χ4n) is 4.55. The molecule has 1 aliphatic heterocycles. The molecule has 0 radical (unpaired) electrons. The Morgan fingerprint density at radius 1 is 1.16 bits per heavy atom. The maximum Gasteiger partial charge on any atom is 0.118 e. The highest BCUT2D eigenvalue weighted by atomic mass is 15.1. The quantitative estimate of drug-likeness (QED) is 0.462. The Morgan fingerprint density at radius 2 is 2.03 bits per heavy atom. The van der Waals surface area contributed by atoms with Crippen LogP contribution in [0.1, 0.15) is 31.0 Å². The van der Waals surface area contributed by atoms with Gasteiger partial charge in [-0.15, -0.1) is 0 Å². The number of allylic oxidation sites excluding steroid dienone is 12. The summed E-state index contributed by atoms with van der Waals surface area (Å²) < 4.78 is 0. The molecular formula is C32H35N5. The zero-order valence-electron chi connectivity index (χ0n) is 22.0. The van der Waals surface area contributed by atoms with Crippen molar-refractivity contribution in [1.82, 2.24) is 20.5 Å². The van der Waals surface area contributed by atoms with Crippen molar-refractivity contribution >= 4 is 11.8 Å². The minimum atomic E-state index is 0.798. The standard InChI is InChI=1S/C32H35N5/c1-6-25(29(19-33-5)28-20-34-17-9-10-23(28)3)18-27-13-8-12-26(16-15-22(27)2)30-21-35-37-32(30)31-14-7-11-24(4)36-31/h6-8,11-16,18-19,21,34H,2-3,9-10,17,20H2,1,4-5H3,(H,35,37)/b13-8+,16-15-,25-6+,26-12-,27-18-,29-28-,33-19-. The third-order valence-electron chi connectivity index (χ3n) is 6.55. The zero-order valence-corrected chi connectivity index (χ0v) is 22.0. The van der Waals surface area contributed by atoms with E-state index in [4.69, 9.17) is 0 Å². The van der Waals surface area contributed by atoms with Crippen molar-refractivity contribution in [3.8, 4) is 11.4 Å². The highest BCUT2D eigenvalue weighted by Crippen LogP contribution is 2.30. The summed E-state index contributed by atoms with van der Waals surface area (Å²) in [6.45, 7) is 14.6. The molecule has 0 spiro atoms. The van der Waals surface area contributed by atoms with E-state index in [-0.39, 0.29) is 0 Å². The van der Waals surface area contributed by atoms with Gasteiger partial charge >= 0.3 is 0 Å². The van der Waals surface area contributed by atoms with Crippen LogP contribution in [0.2, 0.25) is 0 Å². The van der Waals surface area contributed by atoms with E-state index < -0.39 is 0 Å². The summed E-state index contributed by atoms with van der Waals surface area (Å²) in [6, 6.07) is 5.97. The van der Waals surface area contributed by atoms with Crippen LogP contribution < -0.4 is 5.32 Å². The molecule has 3 heterocycles. The smallest absolute Gasteiger partial charge is 0.118 e. The fourth-order valence-corrected chi connectivity index (χ4v) is 4.55. The molecule has 0 atom stereocenters. The average Bonchev–Trinajstić information content (AvgIpc) is 3.27. The molecule has 1 fully saturated rings. The molecule has 0 amide bonds. The highest BCUT2D eigenvalue weighted by molar-refractivity contribution is 5.89. The minimum absolute atomic E-state index is 0.798. The maximum atomic E-state index is 4.65. The van der Waals surface area contributed by atoms with E-state index in [1.54, 1.807) is 0 Å². The van der Waals surface area contributed by atoms with Gasteiger partial charge in [0.25, 0.3) is 0 Å². The SMILES string of the molecule is C=C1\C=C/C(c2c[nH]nc2-c2cccc(C)n2)=C/C=C/C1=C/C(=C\C)C(/C=N\C)=C1/CNCCCC1=C. The second-order valence-corrected chi connectivity index (χ2v) is 9.16. The number of pyridine rings is 1. The average molecular weight is 490 g/mol. The van der Waals surface area contributed by atoms with E-state index >= 15 is 0 Å². The number of aromatic amines is 1. The second kappa shape index (κ2) is 12.2. The van der Waals surface area contributed by atoms with Gasteiger partial charge in [-0.05, 0) is 84.9 Å². The molecule has 0 saturated carbocycles. The molecule has 5 nitrogen and oxygen atoms in total. The third-order valence-corrected chi connectivity index (χ3v) is 6.55. The molecule has 5 heteroatoms. The van der Waals surface area contributed by atoms with E-state index in [9.17, 15) is 0 Å². The lowest BCUT2D eigenvalue weighted by molar-refractivity contribution is 0.722. The number of nitrogens with one attached hydrogen (secondary N) is 2. The number of hydrogen-bond donors (Lipinski definition) is 2. The van der Waals surface area contributed by atoms with Crippen LogP contribution in [-0.4, -0.2) is 41.5 Å². The van der Waals surface area contributed by atoms with Gasteiger partial charge in [-0.2, -0.15) is 5.10 Å². The Bertz CT molecular complexity index is 1400. The van der Waals surface area contributed by atoms with Crippen LogP contribution >= 0.6 is 0 Å². The lowest BCUT2D eigenvalue weighted by Crippen LogP contribution is -2.17. The fraction of sp³-hybridized carbons (Fsp3) is 0.219. The van der Waals surface area contributed by atoms with Crippen LogP contribution in [-0.2, 0) is 0 Å². The van der Waals surface area contributed by atoms with E-state index in [1.807, 2.05) is 44.6 Å². The molecule has 188 valence electrons. The van der Waals surface area contributed by atoms with Crippen molar-refractivity contribution < 1.29 is 0 Å². The monoisotopic (exact) mass is 489 g/mol. The van der Waals surface area contributed by atoms with E-state index in [1.165, 1.54) is 11.1 Å². The lowest BCUT2D eigenvalue weighted by atomic mass is 9.91. The highest BCUT2D eigenvalue weighted by Gasteiger charge is 2.16. The Kier molecular flexibility index (Phi) is 8.60. The Balaban J connectivity index is 1.69. The molecule has 37 heavy (non-hydrogen) atoms. The van der Waals surface area contributed by atoms with Gasteiger partial charge in [0, 0.05) is 42.8 Å². The van der Waals surface area contributed by atoms with E-state index in [0.29, 0.717) is 0 Å². The van der Waals surface area contributed by atoms with Crippen molar-refractivity contribution in [2.75, 3.05) is 20.1 Å². The second-order valence-electron chi connectivity index (χ2n) is 9.16. The van der Waals surface area contributed by atoms with E-state index in [0.717, 1.165) is 76.4 Å². The number of aromatic nitrogens is 3. The molecule has 0 aromatic carbocycles. The van der Waals surface area contributed by atoms with Crippen LogP contribution in [0.15, 0.2) is 119 Å². The zero-order chi connectivity index (χ0) is 26.2. The summed E-state index contributed by atoms with van der Waals surface area (Å²) in [4.78, 5) is 9.02. The number of aliphatic imine (C=N–C) groups is 1. The topological polar surface area (TPSA) is 66.0 Å². The predicted molar refractivity (Wildman–Crippen MR) is 156 cm³/mol. The van der Waals surface area contributed by atoms with Gasteiger partial charge in [-0.25, -0.2) is 0 Å². The van der Waals surface area contributed by atoms with Gasteiger partial charge in [0.05, 0.1) is 5.69 Å². The van der Waals surface area contributed by atoms with Crippen LogP contribution in [0.3, 0.4) is 0 Å². The lowest BCUT2D eigenvalue weighted by Gasteiger charge is -2.15. The number of H-pyrrole nitrogens is 1. The number of aryl methyl sites for hydroxylation is 1. The Labute approximate surface area is 220 Å². The summed E-state index contributed by atoms with van der Waals surface area (Å²) in [7, 11) is 1.81. The van der Waals surface area contributed by atoms with Crippen molar-refractivity contribution in [3.63, 3.8) is 0 Å². The van der Waals surface area contributed by atoms with Crippen LogP contribution in [0.25, 0.3) is 17.0 Å². The largest absolute Gasteiger partial charge is 0.313 e. The molecule has 1 aliphatic carbocycles. The predicted octanol–water partition coefficient (Wildman–Crippen LogP) is 6.66. The first kappa shape index (κ1) is 26.0. The van der Waals surface area contributed by atoms with Crippen LogP contribution in [0, 0.1) is 6.92 Å². The maximum absolute atomic E-state index is 4.65. The van der Waals surface area contributed by atoms with Gasteiger partial charge in [-0.3, -0.25) is 15.1 Å². The minimum Gasteiger partial charge on any atom is -0.313 e. The third kappa shape index (κ3) is 6.19. The molecule has 2 N–H and O–H groups in total. The molecule has 2 aromatic heterocycles. The van der Waals surface area contributed by atoms with E-state index in [2.05, 4.69) is 88.1 Å². The molecule has 1 saturated heterocycles. The number of hydrogen-bond acceptors (Lipinski definition) is 4. The van der Waals surface area contributed by atoms with Crippen molar-refractivity contribution in [2.24, 2.45) is 4.99 Å². The van der Waals surface area contributed by atoms with Gasteiger partial charge in [0.2, 0.25) is 0 Å². The summed E-state index contributed by atoms with van der Waals surface area (Å²) in [6.07, 6.45) is 20.7. The van der Waals surface area contributed by atoms with Crippen LogP contribution in [0.4, 0.5) is 0 Å². The summed E-state index contributed by atoms with van der Waals surface area (Å²) in [5, 5.41) is 11.0. The normalized spacial score (nSPS) is 22.8. The molecule has 4 rings (SSSR count). The summed E-state index contributed by atoms with van der Waals surface area (Å²) in [5.74, 6) is 0. The molecular weight excluding hydrogens is 454 g/mol. The van der Waals surface area contributed by atoms with Gasteiger partial charge in [-0.1, -0.05) is 55.7 Å². The van der Waals surface area contributed by atoms with Crippen molar-refractivity contribution in [1.29, 1.82) is 0 Å². The first-order chi connectivity index (χ1) is 18.0. The van der Waals surface area contributed by atoms with Crippen molar-refractivity contribution in [2.45, 2.75) is 26.7 Å². The Morgan fingerprint density at radius 3 is 2.81 bits per heavy atom. The van der Waals surface area contributed by atoms with Gasteiger partial charge in [0.15, 0.2) is 0 Å². The van der Waals surface area contributed by atoms with Gasteiger partial charge < -0.3 is 5.32 Å². The molecule has 0 bridgehead atoms.